The molecule has 0 fully saturated rings. The maximum Gasteiger partial charge on any atom is 0.228 e. The molecule has 1 N–H and O–H groups in total. The lowest BCUT2D eigenvalue weighted by atomic mass is 10.1. The zero-order valence-corrected chi connectivity index (χ0v) is 13.4. The maximum absolute atomic E-state index is 11.9. The fraction of sp³-hybridized carbons (Fsp3) is 0.133. The van der Waals surface area contributed by atoms with Crippen molar-refractivity contribution < 1.29 is 4.79 Å². The zero-order valence-electron chi connectivity index (χ0n) is 10.2. The second-order valence-electron chi connectivity index (χ2n) is 4.18. The Bertz CT molecular complexity index is 549. The zero-order chi connectivity index (χ0) is 13.7. The number of rotatable bonds is 4. The van der Waals surface area contributed by atoms with Crippen molar-refractivity contribution in [1.82, 2.24) is 0 Å². The first kappa shape index (κ1) is 14.3. The molecule has 0 spiro atoms. The minimum absolute atomic E-state index is 0.00563. The third-order valence-corrected chi connectivity index (χ3v) is 3.85. The molecule has 4 heteroatoms. The predicted molar refractivity (Wildman–Crippen MR) is 85.5 cm³/mol. The van der Waals surface area contributed by atoms with Crippen molar-refractivity contribution >= 4 is 43.5 Å². The fourth-order valence-corrected chi connectivity index (χ4v) is 2.31. The molecule has 98 valence electrons. The first-order chi connectivity index (χ1) is 9.17. The molecule has 0 unspecified atom stereocenters. The normalized spacial score (nSPS) is 10.2. The summed E-state index contributed by atoms with van der Waals surface area (Å²) in [6.07, 6.45) is 0.382. The first-order valence-corrected chi connectivity index (χ1v) is 7.78. The second kappa shape index (κ2) is 6.87. The predicted octanol–water partition coefficient (Wildman–Crippen LogP) is 4.53. The lowest BCUT2D eigenvalue weighted by molar-refractivity contribution is -0.115. The monoisotopic (exact) mass is 381 g/mol. The molecular weight excluding hydrogens is 370 g/mol. The van der Waals surface area contributed by atoms with Crippen LogP contribution in [0.5, 0.6) is 0 Å². The minimum Gasteiger partial charge on any atom is -0.326 e. The van der Waals surface area contributed by atoms with Crippen LogP contribution in [-0.4, -0.2) is 5.91 Å². The van der Waals surface area contributed by atoms with Crippen LogP contribution in [0.4, 0.5) is 5.69 Å². The number of benzene rings is 2. The highest BCUT2D eigenvalue weighted by Crippen LogP contribution is 2.14. The Morgan fingerprint density at radius 2 is 1.53 bits per heavy atom. The third kappa shape index (κ3) is 4.48. The van der Waals surface area contributed by atoms with Gasteiger partial charge in [0.1, 0.15) is 0 Å². The molecule has 0 aliphatic carbocycles. The van der Waals surface area contributed by atoms with E-state index < -0.39 is 0 Å². The average molecular weight is 383 g/mol. The summed E-state index contributed by atoms with van der Waals surface area (Å²) < 4.78 is 1.02. The van der Waals surface area contributed by atoms with E-state index in [9.17, 15) is 4.79 Å². The van der Waals surface area contributed by atoms with E-state index in [1.807, 2.05) is 48.5 Å². The molecule has 0 aromatic heterocycles. The van der Waals surface area contributed by atoms with Crippen LogP contribution in [0, 0.1) is 0 Å². The summed E-state index contributed by atoms with van der Waals surface area (Å²) in [7, 11) is 0. The van der Waals surface area contributed by atoms with Gasteiger partial charge in [-0.3, -0.25) is 4.79 Å². The van der Waals surface area contributed by atoms with Crippen molar-refractivity contribution in [3.8, 4) is 0 Å². The SMILES string of the molecule is O=C(Cc1ccc(Br)cc1)Nc1ccc(CBr)cc1. The largest absolute Gasteiger partial charge is 0.326 e. The number of amides is 1. The van der Waals surface area contributed by atoms with Gasteiger partial charge in [0.05, 0.1) is 6.42 Å². The highest BCUT2D eigenvalue weighted by Gasteiger charge is 2.04. The van der Waals surface area contributed by atoms with Crippen molar-refractivity contribution in [3.63, 3.8) is 0 Å². The van der Waals surface area contributed by atoms with Crippen LogP contribution < -0.4 is 5.32 Å². The molecular formula is C15H13Br2NO. The molecule has 0 bridgehead atoms. The van der Waals surface area contributed by atoms with Crippen LogP contribution in [0.2, 0.25) is 0 Å². The molecule has 0 atom stereocenters. The molecule has 0 heterocycles. The number of anilines is 1. The molecule has 2 rings (SSSR count). The highest BCUT2D eigenvalue weighted by molar-refractivity contribution is 9.10. The van der Waals surface area contributed by atoms with E-state index in [-0.39, 0.29) is 5.91 Å². The van der Waals surface area contributed by atoms with Gasteiger partial charge in [-0.05, 0) is 35.4 Å². The van der Waals surface area contributed by atoms with Gasteiger partial charge in [-0.25, -0.2) is 0 Å². The summed E-state index contributed by atoms with van der Waals surface area (Å²) in [5.74, 6) is -0.00563. The van der Waals surface area contributed by atoms with E-state index in [1.165, 1.54) is 5.56 Å². The van der Waals surface area contributed by atoms with Gasteiger partial charge in [-0.2, -0.15) is 0 Å². The Morgan fingerprint density at radius 1 is 0.947 bits per heavy atom. The van der Waals surface area contributed by atoms with Gasteiger partial charge in [0.25, 0.3) is 0 Å². The van der Waals surface area contributed by atoms with Crippen molar-refractivity contribution in [1.29, 1.82) is 0 Å². The Labute approximate surface area is 129 Å². The quantitative estimate of drug-likeness (QED) is 0.773. The molecule has 2 aromatic carbocycles. The average Bonchev–Trinajstić information content (AvgIpc) is 2.42. The van der Waals surface area contributed by atoms with Crippen LogP contribution in [0.25, 0.3) is 0 Å². The second-order valence-corrected chi connectivity index (χ2v) is 5.66. The van der Waals surface area contributed by atoms with Crippen LogP contribution in [0.15, 0.2) is 53.0 Å². The first-order valence-electron chi connectivity index (χ1n) is 5.86. The highest BCUT2D eigenvalue weighted by atomic mass is 79.9. The minimum atomic E-state index is -0.00563. The number of hydrogen-bond acceptors (Lipinski definition) is 1. The lowest BCUT2D eigenvalue weighted by Crippen LogP contribution is -2.14. The van der Waals surface area contributed by atoms with Gasteiger partial charge >= 0.3 is 0 Å². The standard InChI is InChI=1S/C15H13Br2NO/c16-10-12-3-7-14(8-4-12)18-15(19)9-11-1-5-13(17)6-2-11/h1-8H,9-10H2,(H,18,19). The fourth-order valence-electron chi connectivity index (χ4n) is 1.67. The number of carbonyl (C=O) groups excluding carboxylic acids is 1. The molecule has 0 aliphatic rings. The van der Waals surface area contributed by atoms with Gasteiger partial charge in [0.15, 0.2) is 0 Å². The Morgan fingerprint density at radius 3 is 2.11 bits per heavy atom. The Hall–Kier alpha value is -1.13. The van der Waals surface area contributed by atoms with Crippen LogP contribution in [-0.2, 0) is 16.5 Å². The summed E-state index contributed by atoms with van der Waals surface area (Å²) in [5, 5.41) is 3.71. The van der Waals surface area contributed by atoms with E-state index >= 15 is 0 Å². The number of halogens is 2. The molecule has 1 amide bonds. The summed E-state index contributed by atoms with van der Waals surface area (Å²) >= 11 is 6.77. The summed E-state index contributed by atoms with van der Waals surface area (Å²) in [6.45, 7) is 0. The van der Waals surface area contributed by atoms with Crippen LogP contribution in [0.1, 0.15) is 11.1 Å². The van der Waals surface area contributed by atoms with Gasteiger partial charge < -0.3 is 5.32 Å². The van der Waals surface area contributed by atoms with Gasteiger partial charge in [-0.15, -0.1) is 0 Å². The third-order valence-electron chi connectivity index (χ3n) is 2.67. The van der Waals surface area contributed by atoms with Crippen molar-refractivity contribution in [3.05, 3.63) is 64.1 Å². The number of alkyl halides is 1. The molecule has 0 saturated heterocycles. The van der Waals surface area contributed by atoms with E-state index in [0.717, 1.165) is 21.1 Å². The van der Waals surface area contributed by atoms with E-state index in [0.29, 0.717) is 6.42 Å². The number of carbonyl (C=O) groups is 1. The lowest BCUT2D eigenvalue weighted by Gasteiger charge is -2.06. The molecule has 0 aliphatic heterocycles. The summed E-state index contributed by atoms with van der Waals surface area (Å²) in [5.41, 5.74) is 3.01. The summed E-state index contributed by atoms with van der Waals surface area (Å²) in [6, 6.07) is 15.6. The molecule has 0 radical (unpaired) electrons. The van der Waals surface area contributed by atoms with Crippen molar-refractivity contribution in [2.24, 2.45) is 0 Å². The topological polar surface area (TPSA) is 29.1 Å². The number of hydrogen-bond donors (Lipinski definition) is 1. The van der Waals surface area contributed by atoms with E-state index in [2.05, 4.69) is 37.2 Å². The van der Waals surface area contributed by atoms with Crippen molar-refractivity contribution in [2.75, 3.05) is 5.32 Å². The van der Waals surface area contributed by atoms with Crippen molar-refractivity contribution in [2.45, 2.75) is 11.8 Å². The van der Waals surface area contributed by atoms with Gasteiger partial charge in [0, 0.05) is 15.5 Å². The van der Waals surface area contributed by atoms with Crippen LogP contribution in [0.3, 0.4) is 0 Å². The maximum atomic E-state index is 11.9. The Balaban J connectivity index is 1.95. The van der Waals surface area contributed by atoms with Gasteiger partial charge in [0.2, 0.25) is 5.91 Å². The Kier molecular flexibility index (Phi) is 5.16. The van der Waals surface area contributed by atoms with E-state index in [4.69, 9.17) is 0 Å². The summed E-state index contributed by atoms with van der Waals surface area (Å²) in [4.78, 5) is 11.9. The van der Waals surface area contributed by atoms with Crippen LogP contribution >= 0.6 is 31.9 Å². The molecule has 19 heavy (non-hydrogen) atoms. The van der Waals surface area contributed by atoms with Gasteiger partial charge in [-0.1, -0.05) is 56.1 Å². The molecule has 0 saturated carbocycles. The molecule has 2 nitrogen and oxygen atoms in total. The molecule has 2 aromatic rings. The number of nitrogens with one attached hydrogen (secondary N) is 1. The van der Waals surface area contributed by atoms with E-state index in [1.54, 1.807) is 0 Å². The smallest absolute Gasteiger partial charge is 0.228 e.